The summed E-state index contributed by atoms with van der Waals surface area (Å²) in [7, 11) is 1.67. The Morgan fingerprint density at radius 3 is 2.03 bits per heavy atom. The van der Waals surface area contributed by atoms with E-state index < -0.39 is 0 Å². The maximum absolute atomic E-state index is 6.20. The second kappa shape index (κ2) is 11.3. The Kier molecular flexibility index (Phi) is 8.18. The van der Waals surface area contributed by atoms with Crippen LogP contribution in [0.15, 0.2) is 60.7 Å². The topological polar surface area (TPSA) is 23.4 Å². The van der Waals surface area contributed by atoms with Crippen LogP contribution in [0.4, 0.5) is 0 Å². The molecule has 186 valence electrons. The van der Waals surface area contributed by atoms with Gasteiger partial charge >= 0.3 is 0 Å². The van der Waals surface area contributed by atoms with E-state index in [1.165, 1.54) is 72.3 Å². The van der Waals surface area contributed by atoms with Crippen LogP contribution in [0.1, 0.15) is 76.8 Å². The lowest BCUT2D eigenvalue weighted by Crippen LogP contribution is -2.18. The van der Waals surface area contributed by atoms with E-state index in [0.717, 1.165) is 17.0 Å². The molecule has 0 amide bonds. The molecule has 35 heavy (non-hydrogen) atoms. The Bertz CT molecular complexity index is 1210. The molecule has 4 rings (SSSR count). The Labute approximate surface area is 211 Å². The lowest BCUT2D eigenvalue weighted by molar-refractivity contribution is 0.0506. The van der Waals surface area contributed by atoms with Gasteiger partial charge < -0.3 is 14.0 Å². The normalized spacial score (nSPS) is 12.0. The number of unbranched alkanes of at least 4 members (excludes halogenated alkanes) is 5. The molecule has 1 heterocycles. The standard InChI is InChI=1S/C32H41NO2/c1-6-7-8-9-10-15-20-32(3,4)25-21-24(2)31(35-23-34-5)30(22-25)33-28-18-13-11-16-26(28)27-17-12-14-19-29(27)33/h11-14,16-19,21-22H,6-10,15,20,23H2,1-5H3. The number of methoxy groups -OCH3 is 1. The van der Waals surface area contributed by atoms with Crippen molar-refractivity contribution in [2.45, 2.75) is 78.1 Å². The maximum Gasteiger partial charge on any atom is 0.188 e. The van der Waals surface area contributed by atoms with Crippen molar-refractivity contribution in [3.63, 3.8) is 0 Å². The molecular formula is C32H41NO2. The predicted molar refractivity (Wildman–Crippen MR) is 149 cm³/mol. The van der Waals surface area contributed by atoms with Crippen molar-refractivity contribution in [3.8, 4) is 11.4 Å². The quantitative estimate of drug-likeness (QED) is 0.152. The SMILES string of the molecule is CCCCCCCCC(C)(C)c1cc(C)c(OCOC)c(-n2c3ccccc3c3ccccc32)c1. The highest BCUT2D eigenvalue weighted by Gasteiger charge is 2.25. The van der Waals surface area contributed by atoms with E-state index in [1.54, 1.807) is 7.11 Å². The van der Waals surface area contributed by atoms with Gasteiger partial charge in [0.05, 0.1) is 16.7 Å². The Balaban J connectivity index is 1.79. The number of ether oxygens (including phenoxy) is 2. The zero-order chi connectivity index (χ0) is 24.8. The molecule has 0 fully saturated rings. The lowest BCUT2D eigenvalue weighted by Gasteiger charge is -2.28. The van der Waals surface area contributed by atoms with E-state index >= 15 is 0 Å². The van der Waals surface area contributed by atoms with Crippen molar-refractivity contribution < 1.29 is 9.47 Å². The van der Waals surface area contributed by atoms with Crippen molar-refractivity contribution >= 4 is 21.8 Å². The van der Waals surface area contributed by atoms with E-state index in [0.29, 0.717) is 0 Å². The van der Waals surface area contributed by atoms with E-state index in [-0.39, 0.29) is 12.2 Å². The minimum Gasteiger partial charge on any atom is -0.465 e. The number of para-hydroxylation sites is 2. The first-order valence-electron chi connectivity index (χ1n) is 13.2. The zero-order valence-electron chi connectivity index (χ0n) is 22.2. The van der Waals surface area contributed by atoms with Gasteiger partial charge in [0.15, 0.2) is 6.79 Å². The minimum absolute atomic E-state index is 0.0861. The highest BCUT2D eigenvalue weighted by atomic mass is 16.7. The highest BCUT2D eigenvalue weighted by Crippen LogP contribution is 2.40. The zero-order valence-corrected chi connectivity index (χ0v) is 22.2. The number of rotatable bonds is 12. The molecule has 4 aromatic rings. The largest absolute Gasteiger partial charge is 0.465 e. The van der Waals surface area contributed by atoms with Crippen LogP contribution in [-0.4, -0.2) is 18.5 Å². The number of fused-ring (bicyclic) bond motifs is 3. The van der Waals surface area contributed by atoms with Crippen molar-refractivity contribution in [2.75, 3.05) is 13.9 Å². The fraction of sp³-hybridized carbons (Fsp3) is 0.438. The van der Waals surface area contributed by atoms with Crippen molar-refractivity contribution in [1.82, 2.24) is 4.57 Å². The molecule has 0 saturated carbocycles. The van der Waals surface area contributed by atoms with Crippen LogP contribution in [-0.2, 0) is 10.2 Å². The summed E-state index contributed by atoms with van der Waals surface area (Å²) in [5, 5.41) is 2.52. The van der Waals surface area contributed by atoms with Gasteiger partial charge in [0, 0.05) is 17.9 Å². The second-order valence-corrected chi connectivity index (χ2v) is 10.5. The van der Waals surface area contributed by atoms with Gasteiger partial charge in [-0.05, 0) is 48.1 Å². The minimum atomic E-state index is 0.0861. The molecule has 0 spiro atoms. The second-order valence-electron chi connectivity index (χ2n) is 10.5. The monoisotopic (exact) mass is 471 g/mol. The first-order chi connectivity index (χ1) is 17.0. The van der Waals surface area contributed by atoms with Crippen molar-refractivity contribution in [3.05, 3.63) is 71.8 Å². The van der Waals surface area contributed by atoms with Crippen molar-refractivity contribution in [1.29, 1.82) is 0 Å². The van der Waals surface area contributed by atoms with Gasteiger partial charge in [-0.2, -0.15) is 0 Å². The number of aryl methyl sites for hydroxylation is 1. The average Bonchev–Trinajstić information content (AvgIpc) is 3.19. The van der Waals surface area contributed by atoms with Crippen LogP contribution in [0.25, 0.3) is 27.5 Å². The van der Waals surface area contributed by atoms with Gasteiger partial charge in [0.25, 0.3) is 0 Å². The van der Waals surface area contributed by atoms with Crippen molar-refractivity contribution in [2.24, 2.45) is 0 Å². The smallest absolute Gasteiger partial charge is 0.188 e. The molecule has 0 N–H and O–H groups in total. The highest BCUT2D eigenvalue weighted by molar-refractivity contribution is 6.09. The van der Waals surface area contributed by atoms with Crippen LogP contribution >= 0.6 is 0 Å². The average molecular weight is 472 g/mol. The molecule has 0 saturated heterocycles. The van der Waals surface area contributed by atoms with Gasteiger partial charge in [-0.3, -0.25) is 0 Å². The molecule has 0 unspecified atom stereocenters. The summed E-state index contributed by atoms with van der Waals surface area (Å²) >= 11 is 0. The molecule has 0 aliphatic heterocycles. The number of nitrogens with zero attached hydrogens (tertiary/aromatic N) is 1. The molecular weight excluding hydrogens is 430 g/mol. The number of benzene rings is 3. The Hall–Kier alpha value is -2.78. The fourth-order valence-corrected chi connectivity index (χ4v) is 5.29. The summed E-state index contributed by atoms with van der Waals surface area (Å²) in [5.74, 6) is 0.887. The molecule has 0 atom stereocenters. The molecule has 0 radical (unpaired) electrons. The van der Waals surface area contributed by atoms with Crippen LogP contribution < -0.4 is 4.74 Å². The van der Waals surface area contributed by atoms with Gasteiger partial charge in [0.2, 0.25) is 0 Å². The summed E-state index contributed by atoms with van der Waals surface area (Å²) in [6.07, 6.45) is 9.13. The van der Waals surface area contributed by atoms with E-state index in [9.17, 15) is 0 Å². The predicted octanol–water partition coefficient (Wildman–Crippen LogP) is 9.10. The summed E-state index contributed by atoms with van der Waals surface area (Å²) in [4.78, 5) is 0. The Morgan fingerprint density at radius 1 is 0.800 bits per heavy atom. The maximum atomic E-state index is 6.20. The van der Waals surface area contributed by atoms with E-state index in [2.05, 4.69) is 92.9 Å². The van der Waals surface area contributed by atoms with E-state index in [1.807, 2.05) is 0 Å². The summed E-state index contributed by atoms with van der Waals surface area (Å²) < 4.78 is 13.9. The van der Waals surface area contributed by atoms with Crippen LogP contribution in [0.3, 0.4) is 0 Å². The third kappa shape index (κ3) is 5.41. The molecule has 1 aromatic heterocycles. The van der Waals surface area contributed by atoms with Gasteiger partial charge in [-0.25, -0.2) is 0 Å². The summed E-state index contributed by atoms with van der Waals surface area (Å²) in [5.41, 5.74) is 6.08. The summed E-state index contributed by atoms with van der Waals surface area (Å²) in [6, 6.07) is 22.0. The number of hydrogen-bond acceptors (Lipinski definition) is 2. The van der Waals surface area contributed by atoms with Gasteiger partial charge in [0.1, 0.15) is 5.75 Å². The molecule has 3 aromatic carbocycles. The Morgan fingerprint density at radius 2 is 1.40 bits per heavy atom. The molecule has 3 nitrogen and oxygen atoms in total. The van der Waals surface area contributed by atoms with Crippen LogP contribution in [0.5, 0.6) is 5.75 Å². The third-order valence-electron chi connectivity index (χ3n) is 7.33. The summed E-state index contributed by atoms with van der Waals surface area (Å²) in [6.45, 7) is 9.44. The molecule has 0 bridgehead atoms. The first-order valence-corrected chi connectivity index (χ1v) is 13.2. The fourth-order valence-electron chi connectivity index (χ4n) is 5.29. The molecule has 0 aliphatic rings. The number of hydrogen-bond donors (Lipinski definition) is 0. The molecule has 0 aliphatic carbocycles. The van der Waals surface area contributed by atoms with Gasteiger partial charge in [-0.1, -0.05) is 102 Å². The van der Waals surface area contributed by atoms with Crippen LogP contribution in [0.2, 0.25) is 0 Å². The van der Waals surface area contributed by atoms with Crippen LogP contribution in [0, 0.1) is 6.92 Å². The number of aromatic nitrogens is 1. The molecule has 3 heteroatoms. The first kappa shape index (κ1) is 25.3. The van der Waals surface area contributed by atoms with Gasteiger partial charge in [-0.15, -0.1) is 0 Å². The van der Waals surface area contributed by atoms with E-state index in [4.69, 9.17) is 9.47 Å². The third-order valence-corrected chi connectivity index (χ3v) is 7.33. The lowest BCUT2D eigenvalue weighted by atomic mass is 9.79.